The lowest BCUT2D eigenvalue weighted by atomic mass is 10.2. The number of nitrogens with one attached hydrogen (secondary N) is 1. The van der Waals surface area contributed by atoms with Crippen LogP contribution in [-0.4, -0.2) is 30.8 Å². The minimum Gasteiger partial charge on any atom is -0.465 e. The third kappa shape index (κ3) is 7.66. The number of carbonyl (C=O) groups is 3. The molecule has 0 saturated heterocycles. The van der Waals surface area contributed by atoms with E-state index < -0.39 is 11.9 Å². The topological polar surface area (TPSA) is 72.5 Å². The summed E-state index contributed by atoms with van der Waals surface area (Å²) in [5.41, 5.74) is 0. The van der Waals surface area contributed by atoms with Crippen molar-refractivity contribution in [2.24, 2.45) is 0 Å². The van der Waals surface area contributed by atoms with Gasteiger partial charge in [0.05, 0.1) is 13.0 Å². The number of esters is 1. The third-order valence-corrected chi connectivity index (χ3v) is 1.62. The Labute approximate surface area is 89.2 Å². The predicted octanol–water partition coefficient (Wildman–Crippen LogP) is 0.425. The third-order valence-electron chi connectivity index (χ3n) is 1.62. The van der Waals surface area contributed by atoms with Gasteiger partial charge in [0.2, 0.25) is 5.91 Å². The Morgan fingerprint density at radius 2 is 1.87 bits per heavy atom. The lowest BCUT2D eigenvalue weighted by molar-refractivity contribution is -0.143. The molecular weight excluding hydrogens is 198 g/mol. The fourth-order valence-corrected chi connectivity index (χ4v) is 0.992. The zero-order valence-corrected chi connectivity index (χ0v) is 9.17. The number of Topliss-reactive ketones (excluding diaryl/α,β-unsaturated/α-hetero) is 1. The normalized spacial score (nSPS) is 9.47. The Bertz CT molecular complexity index is 238. The van der Waals surface area contributed by atoms with E-state index in [1.165, 1.54) is 0 Å². The van der Waals surface area contributed by atoms with E-state index in [9.17, 15) is 14.4 Å². The van der Waals surface area contributed by atoms with E-state index in [0.717, 1.165) is 6.42 Å². The quantitative estimate of drug-likeness (QED) is 0.493. The zero-order valence-electron chi connectivity index (χ0n) is 9.17. The van der Waals surface area contributed by atoms with E-state index in [0.29, 0.717) is 6.42 Å². The summed E-state index contributed by atoms with van der Waals surface area (Å²) < 4.78 is 4.61. The first-order valence-corrected chi connectivity index (χ1v) is 5.04. The summed E-state index contributed by atoms with van der Waals surface area (Å²) in [6, 6.07) is 0. The number of rotatable bonds is 7. The molecule has 0 aromatic rings. The average Bonchev–Trinajstić information content (AvgIpc) is 2.15. The molecule has 0 heterocycles. The molecule has 0 spiro atoms. The number of hydrogen-bond donors (Lipinski definition) is 1. The molecule has 1 amide bonds. The molecule has 0 atom stereocenters. The van der Waals surface area contributed by atoms with Crippen molar-refractivity contribution in [2.45, 2.75) is 33.1 Å². The summed E-state index contributed by atoms with van der Waals surface area (Å²) >= 11 is 0. The summed E-state index contributed by atoms with van der Waals surface area (Å²) in [6.07, 6.45) is 0.962. The van der Waals surface area contributed by atoms with Crippen LogP contribution in [-0.2, 0) is 19.1 Å². The highest BCUT2D eigenvalue weighted by Crippen LogP contribution is 1.93. The monoisotopic (exact) mass is 215 g/mol. The largest absolute Gasteiger partial charge is 0.465 e. The van der Waals surface area contributed by atoms with Crippen LogP contribution < -0.4 is 5.32 Å². The molecule has 5 heteroatoms. The molecule has 5 nitrogen and oxygen atoms in total. The van der Waals surface area contributed by atoms with Gasteiger partial charge in [-0.15, -0.1) is 0 Å². The molecule has 0 aliphatic carbocycles. The van der Waals surface area contributed by atoms with Crippen molar-refractivity contribution < 1.29 is 19.1 Å². The second-order valence-corrected chi connectivity index (χ2v) is 3.05. The van der Waals surface area contributed by atoms with Crippen LogP contribution in [0.3, 0.4) is 0 Å². The van der Waals surface area contributed by atoms with Gasteiger partial charge >= 0.3 is 5.97 Å². The first kappa shape index (κ1) is 13.6. The van der Waals surface area contributed by atoms with Crippen LogP contribution in [0.2, 0.25) is 0 Å². The Balaban J connectivity index is 3.66. The van der Waals surface area contributed by atoms with Crippen LogP contribution in [0.25, 0.3) is 0 Å². The minimum atomic E-state index is -0.492. The molecule has 0 aromatic heterocycles. The van der Waals surface area contributed by atoms with Crippen LogP contribution in [0.15, 0.2) is 0 Å². The van der Waals surface area contributed by atoms with Gasteiger partial charge in [0.1, 0.15) is 12.3 Å². The molecule has 15 heavy (non-hydrogen) atoms. The summed E-state index contributed by atoms with van der Waals surface area (Å²) in [7, 11) is 0. The first-order chi connectivity index (χ1) is 7.10. The van der Waals surface area contributed by atoms with Crippen molar-refractivity contribution in [1.29, 1.82) is 0 Å². The number of ether oxygens (including phenoxy) is 1. The fraction of sp³-hybridized carbons (Fsp3) is 0.700. The van der Waals surface area contributed by atoms with E-state index in [4.69, 9.17) is 0 Å². The number of ketones is 1. The first-order valence-electron chi connectivity index (χ1n) is 5.04. The number of carbonyl (C=O) groups excluding carboxylic acids is 3. The van der Waals surface area contributed by atoms with Gasteiger partial charge in [-0.2, -0.15) is 0 Å². The van der Waals surface area contributed by atoms with Crippen molar-refractivity contribution in [2.75, 3.05) is 13.2 Å². The van der Waals surface area contributed by atoms with Gasteiger partial charge < -0.3 is 10.1 Å². The maximum atomic E-state index is 11.1. The molecule has 0 rings (SSSR count). The van der Waals surface area contributed by atoms with Crippen molar-refractivity contribution in [3.05, 3.63) is 0 Å². The van der Waals surface area contributed by atoms with E-state index in [1.54, 1.807) is 6.92 Å². The highest BCUT2D eigenvalue weighted by molar-refractivity contribution is 5.98. The molecule has 0 unspecified atom stereocenters. The van der Waals surface area contributed by atoms with Crippen molar-refractivity contribution in [1.82, 2.24) is 5.32 Å². The van der Waals surface area contributed by atoms with E-state index in [2.05, 4.69) is 10.1 Å². The lowest BCUT2D eigenvalue weighted by Crippen LogP contribution is -2.31. The summed E-state index contributed by atoms with van der Waals surface area (Å²) in [6.45, 7) is 3.66. The zero-order chi connectivity index (χ0) is 11.7. The minimum absolute atomic E-state index is 0.112. The Kier molecular flexibility index (Phi) is 7.23. The highest BCUT2D eigenvalue weighted by Gasteiger charge is 2.09. The highest BCUT2D eigenvalue weighted by atomic mass is 16.5. The smallest absolute Gasteiger partial charge is 0.325 e. The van der Waals surface area contributed by atoms with Gasteiger partial charge in [-0.3, -0.25) is 14.4 Å². The molecular formula is C10H17NO4. The van der Waals surface area contributed by atoms with E-state index >= 15 is 0 Å². The Morgan fingerprint density at radius 1 is 1.20 bits per heavy atom. The molecule has 1 N–H and O–H groups in total. The summed E-state index contributed by atoms with van der Waals surface area (Å²) in [5, 5.41) is 2.32. The fourth-order valence-electron chi connectivity index (χ4n) is 0.992. The van der Waals surface area contributed by atoms with Crippen LogP contribution in [0.4, 0.5) is 0 Å². The van der Waals surface area contributed by atoms with Crippen LogP contribution >= 0.6 is 0 Å². The van der Waals surface area contributed by atoms with Crippen LogP contribution in [0.1, 0.15) is 33.1 Å². The second-order valence-electron chi connectivity index (χ2n) is 3.05. The Hall–Kier alpha value is -1.39. The van der Waals surface area contributed by atoms with E-state index in [1.807, 2.05) is 6.92 Å². The molecule has 0 aliphatic heterocycles. The predicted molar refractivity (Wildman–Crippen MR) is 54.2 cm³/mol. The molecule has 0 saturated carbocycles. The maximum Gasteiger partial charge on any atom is 0.325 e. The van der Waals surface area contributed by atoms with Gasteiger partial charge in [-0.05, 0) is 13.3 Å². The molecule has 0 fully saturated rings. The average molecular weight is 215 g/mol. The van der Waals surface area contributed by atoms with Gasteiger partial charge in [-0.1, -0.05) is 6.92 Å². The maximum absolute atomic E-state index is 11.1. The summed E-state index contributed by atoms with van der Waals surface area (Å²) in [4.78, 5) is 33.0. The lowest BCUT2D eigenvalue weighted by Gasteiger charge is -2.03. The Morgan fingerprint density at radius 3 is 2.40 bits per heavy atom. The van der Waals surface area contributed by atoms with E-state index in [-0.39, 0.29) is 25.4 Å². The van der Waals surface area contributed by atoms with Crippen molar-refractivity contribution in [3.63, 3.8) is 0 Å². The SMILES string of the molecule is CCCC(=O)CC(=O)NCC(=O)OCC. The molecule has 0 aliphatic rings. The van der Waals surface area contributed by atoms with Gasteiger partial charge in [0.25, 0.3) is 0 Å². The summed E-state index contributed by atoms with van der Waals surface area (Å²) in [5.74, 6) is -1.03. The van der Waals surface area contributed by atoms with Gasteiger partial charge in [0.15, 0.2) is 0 Å². The number of hydrogen-bond acceptors (Lipinski definition) is 4. The van der Waals surface area contributed by atoms with Crippen molar-refractivity contribution >= 4 is 17.7 Å². The van der Waals surface area contributed by atoms with Crippen molar-refractivity contribution in [3.8, 4) is 0 Å². The standard InChI is InChI=1S/C10H17NO4/c1-3-5-8(12)6-9(13)11-7-10(14)15-4-2/h3-7H2,1-2H3,(H,11,13). The van der Waals surface area contributed by atoms with Crippen LogP contribution in [0, 0.1) is 0 Å². The number of amides is 1. The molecule has 86 valence electrons. The second kappa shape index (κ2) is 7.96. The molecule has 0 radical (unpaired) electrons. The molecule has 0 bridgehead atoms. The van der Waals surface area contributed by atoms with Gasteiger partial charge in [0, 0.05) is 6.42 Å². The van der Waals surface area contributed by atoms with Gasteiger partial charge in [-0.25, -0.2) is 0 Å². The van der Waals surface area contributed by atoms with Crippen LogP contribution in [0.5, 0.6) is 0 Å². The molecule has 0 aromatic carbocycles.